The lowest BCUT2D eigenvalue weighted by Crippen LogP contribution is -2.39. The Hall–Kier alpha value is -3.09. The fourth-order valence-electron chi connectivity index (χ4n) is 3.67. The molecule has 0 saturated carbocycles. The number of methoxy groups -OCH3 is 1. The van der Waals surface area contributed by atoms with Gasteiger partial charge in [-0.15, -0.1) is 0 Å². The van der Waals surface area contributed by atoms with E-state index in [4.69, 9.17) is 9.15 Å². The molecular formula is C21H24N4O3. The molecule has 1 unspecified atom stereocenters. The maximum Gasteiger partial charge on any atom is 0.290 e. The highest BCUT2D eigenvalue weighted by molar-refractivity contribution is 5.91. The van der Waals surface area contributed by atoms with Gasteiger partial charge in [0.25, 0.3) is 5.91 Å². The highest BCUT2D eigenvalue weighted by atomic mass is 16.5. The Morgan fingerprint density at radius 3 is 3.00 bits per heavy atom. The van der Waals surface area contributed by atoms with Crippen molar-refractivity contribution in [1.82, 2.24) is 19.4 Å². The average Bonchev–Trinajstić information content (AvgIpc) is 3.36. The molecular weight excluding hydrogens is 356 g/mol. The van der Waals surface area contributed by atoms with Crippen molar-refractivity contribution in [3.63, 3.8) is 0 Å². The molecule has 1 aromatic carbocycles. The average molecular weight is 380 g/mol. The van der Waals surface area contributed by atoms with Crippen molar-refractivity contribution >= 4 is 5.91 Å². The molecule has 146 valence electrons. The first-order valence-corrected chi connectivity index (χ1v) is 9.51. The second-order valence-electron chi connectivity index (χ2n) is 7.06. The molecule has 2 aromatic heterocycles. The molecule has 4 rings (SSSR count). The van der Waals surface area contributed by atoms with Gasteiger partial charge in [-0.1, -0.05) is 12.1 Å². The Morgan fingerprint density at radius 2 is 2.21 bits per heavy atom. The zero-order valence-electron chi connectivity index (χ0n) is 16.2. The molecule has 0 bridgehead atoms. The van der Waals surface area contributed by atoms with Gasteiger partial charge in [-0.2, -0.15) is 0 Å². The second kappa shape index (κ2) is 7.88. The maximum atomic E-state index is 13.0. The minimum atomic E-state index is -0.156. The summed E-state index contributed by atoms with van der Waals surface area (Å²) in [7, 11) is 3.48. The molecule has 1 saturated heterocycles. The number of piperidine rings is 1. The van der Waals surface area contributed by atoms with Crippen molar-refractivity contribution in [2.24, 2.45) is 7.05 Å². The van der Waals surface area contributed by atoms with Gasteiger partial charge < -0.3 is 18.6 Å². The Morgan fingerprint density at radius 1 is 1.32 bits per heavy atom. The summed E-state index contributed by atoms with van der Waals surface area (Å²) in [4.78, 5) is 23.5. The fourth-order valence-corrected chi connectivity index (χ4v) is 3.67. The van der Waals surface area contributed by atoms with Crippen molar-refractivity contribution in [3.8, 4) is 5.75 Å². The van der Waals surface area contributed by atoms with E-state index in [1.807, 2.05) is 36.2 Å². The first-order valence-electron chi connectivity index (χ1n) is 9.51. The Kier molecular flexibility index (Phi) is 5.14. The third-order valence-electron chi connectivity index (χ3n) is 5.15. The van der Waals surface area contributed by atoms with Gasteiger partial charge in [0.15, 0.2) is 5.82 Å². The van der Waals surface area contributed by atoms with Crippen LogP contribution in [0.25, 0.3) is 0 Å². The van der Waals surface area contributed by atoms with E-state index in [-0.39, 0.29) is 11.9 Å². The van der Waals surface area contributed by atoms with Crippen LogP contribution in [0, 0.1) is 0 Å². The predicted octanol–water partition coefficient (Wildman–Crippen LogP) is 3.37. The van der Waals surface area contributed by atoms with Crippen LogP contribution in [0.4, 0.5) is 0 Å². The van der Waals surface area contributed by atoms with Crippen LogP contribution < -0.4 is 4.74 Å². The van der Waals surface area contributed by atoms with E-state index in [9.17, 15) is 4.79 Å². The normalized spacial score (nSPS) is 16.9. The van der Waals surface area contributed by atoms with E-state index in [1.165, 1.54) is 0 Å². The van der Waals surface area contributed by atoms with E-state index < -0.39 is 0 Å². The van der Waals surface area contributed by atoms with Crippen molar-refractivity contribution < 1.29 is 13.9 Å². The van der Waals surface area contributed by atoms with Crippen molar-refractivity contribution in [1.29, 1.82) is 0 Å². The number of carbonyl (C=O) groups is 1. The first-order chi connectivity index (χ1) is 13.7. The Bertz CT molecular complexity index is 962. The molecule has 7 heteroatoms. The van der Waals surface area contributed by atoms with E-state index in [1.54, 1.807) is 30.3 Å². The third-order valence-corrected chi connectivity index (χ3v) is 5.15. The minimum Gasteiger partial charge on any atom is -0.497 e. The van der Waals surface area contributed by atoms with Crippen LogP contribution in [0.3, 0.4) is 0 Å². The summed E-state index contributed by atoms with van der Waals surface area (Å²) >= 11 is 0. The van der Waals surface area contributed by atoms with E-state index in [0.717, 1.165) is 36.3 Å². The number of hydrogen-bond donors (Lipinski definition) is 0. The van der Waals surface area contributed by atoms with Crippen LogP contribution in [0.2, 0.25) is 0 Å². The molecule has 0 spiro atoms. The lowest BCUT2D eigenvalue weighted by atomic mass is 10.0. The van der Waals surface area contributed by atoms with Gasteiger partial charge in [0.1, 0.15) is 17.6 Å². The number of likely N-dealkylation sites (tertiary alicyclic amines) is 1. The summed E-state index contributed by atoms with van der Waals surface area (Å²) in [6.07, 6.45) is 8.67. The van der Waals surface area contributed by atoms with Crippen LogP contribution in [-0.4, -0.2) is 39.0 Å². The quantitative estimate of drug-likeness (QED) is 0.678. The summed E-state index contributed by atoms with van der Waals surface area (Å²) in [6.45, 7) is 0.684. The predicted molar refractivity (Wildman–Crippen MR) is 103 cm³/mol. The summed E-state index contributed by atoms with van der Waals surface area (Å²) in [6, 6.07) is 7.73. The molecule has 3 heterocycles. The molecule has 1 aliphatic heterocycles. The lowest BCUT2D eigenvalue weighted by Gasteiger charge is -2.33. The molecule has 28 heavy (non-hydrogen) atoms. The summed E-state index contributed by atoms with van der Waals surface area (Å²) in [5, 5.41) is 0. The van der Waals surface area contributed by atoms with E-state index in [2.05, 4.69) is 9.97 Å². The minimum absolute atomic E-state index is 0.0789. The van der Waals surface area contributed by atoms with Crippen LogP contribution in [0.5, 0.6) is 5.75 Å². The number of ether oxygens (including phenoxy) is 1. The van der Waals surface area contributed by atoms with Crippen LogP contribution in [0.15, 0.2) is 47.3 Å². The standard InChI is InChI=1S/C21H24N4O3/c1-24-11-9-22-19(24)21(26)25-10-4-3-8-18(25)20-23-14-17(28-20)13-15-6-5-7-16(12-15)27-2/h5-7,9,11-12,14,18H,3-4,8,10,13H2,1-2H3. The number of carbonyl (C=O) groups excluding carboxylic acids is 1. The van der Waals surface area contributed by atoms with Gasteiger partial charge in [-0.25, -0.2) is 9.97 Å². The van der Waals surface area contributed by atoms with Crippen LogP contribution >= 0.6 is 0 Å². The lowest BCUT2D eigenvalue weighted by molar-refractivity contribution is 0.0554. The van der Waals surface area contributed by atoms with Crippen LogP contribution in [0.1, 0.15) is 53.1 Å². The number of oxazole rings is 1. The number of amides is 1. The van der Waals surface area contributed by atoms with Gasteiger partial charge in [0.2, 0.25) is 5.89 Å². The number of aryl methyl sites for hydroxylation is 1. The molecule has 0 N–H and O–H groups in total. The molecule has 0 radical (unpaired) electrons. The van der Waals surface area contributed by atoms with Crippen molar-refractivity contribution in [3.05, 3.63) is 65.9 Å². The van der Waals surface area contributed by atoms with Gasteiger partial charge >= 0.3 is 0 Å². The third kappa shape index (κ3) is 3.65. The topological polar surface area (TPSA) is 73.4 Å². The molecule has 0 aliphatic carbocycles. The van der Waals surface area contributed by atoms with Gasteiger partial charge in [0, 0.05) is 32.4 Å². The summed E-state index contributed by atoms with van der Waals surface area (Å²) < 4.78 is 13.1. The van der Waals surface area contributed by atoms with E-state index >= 15 is 0 Å². The fraction of sp³-hybridized carbons (Fsp3) is 0.381. The van der Waals surface area contributed by atoms with E-state index in [0.29, 0.717) is 24.7 Å². The van der Waals surface area contributed by atoms with Gasteiger partial charge in [-0.3, -0.25) is 4.79 Å². The second-order valence-corrected chi connectivity index (χ2v) is 7.06. The monoisotopic (exact) mass is 380 g/mol. The number of imidazole rings is 1. The zero-order valence-corrected chi connectivity index (χ0v) is 16.2. The zero-order chi connectivity index (χ0) is 19.5. The smallest absolute Gasteiger partial charge is 0.290 e. The number of benzene rings is 1. The Labute approximate surface area is 164 Å². The molecule has 3 aromatic rings. The highest BCUT2D eigenvalue weighted by Gasteiger charge is 2.33. The Balaban J connectivity index is 1.54. The number of aromatic nitrogens is 3. The maximum absolute atomic E-state index is 13.0. The molecule has 1 fully saturated rings. The number of hydrogen-bond acceptors (Lipinski definition) is 5. The molecule has 1 aliphatic rings. The van der Waals surface area contributed by atoms with Gasteiger partial charge in [-0.05, 0) is 37.0 Å². The highest BCUT2D eigenvalue weighted by Crippen LogP contribution is 2.32. The number of nitrogens with zero attached hydrogens (tertiary/aromatic N) is 4. The summed E-state index contributed by atoms with van der Waals surface area (Å²) in [5.41, 5.74) is 1.09. The van der Waals surface area contributed by atoms with Gasteiger partial charge in [0.05, 0.1) is 13.3 Å². The molecule has 1 atom stereocenters. The van der Waals surface area contributed by atoms with Crippen molar-refractivity contribution in [2.75, 3.05) is 13.7 Å². The molecule has 1 amide bonds. The SMILES string of the molecule is COc1cccc(Cc2cnc(C3CCCCN3C(=O)c3nccn3C)o2)c1. The first kappa shape index (κ1) is 18.3. The van der Waals surface area contributed by atoms with Crippen LogP contribution in [-0.2, 0) is 13.5 Å². The molecule has 7 nitrogen and oxygen atoms in total. The number of rotatable bonds is 5. The summed E-state index contributed by atoms with van der Waals surface area (Å²) in [5.74, 6) is 2.55. The largest absolute Gasteiger partial charge is 0.497 e. The van der Waals surface area contributed by atoms with Crippen molar-refractivity contribution in [2.45, 2.75) is 31.7 Å².